The Kier molecular flexibility index (Phi) is 6.21. The molecule has 2 aliphatic rings. The first-order valence-electron chi connectivity index (χ1n) is 10.9. The highest BCUT2D eigenvalue weighted by Crippen LogP contribution is 2.37. The normalized spacial score (nSPS) is 22.3. The number of halogens is 1. The van der Waals surface area contributed by atoms with Crippen LogP contribution in [0, 0.1) is 24.6 Å². The van der Waals surface area contributed by atoms with Crippen molar-refractivity contribution in [3.8, 4) is 0 Å². The lowest BCUT2D eigenvalue weighted by Crippen LogP contribution is -2.48. The number of benzene rings is 1. The molecule has 2 heterocycles. The van der Waals surface area contributed by atoms with Gasteiger partial charge in [0.1, 0.15) is 11.6 Å². The van der Waals surface area contributed by atoms with Gasteiger partial charge >= 0.3 is 0 Å². The fraction of sp³-hybridized carbons (Fsp3) is 0.500. The van der Waals surface area contributed by atoms with E-state index in [1.54, 1.807) is 25.3 Å². The summed E-state index contributed by atoms with van der Waals surface area (Å²) in [5.74, 6) is 0.352. The van der Waals surface area contributed by atoms with Crippen molar-refractivity contribution in [2.24, 2.45) is 11.8 Å². The van der Waals surface area contributed by atoms with Gasteiger partial charge in [0.05, 0.1) is 24.8 Å². The highest BCUT2D eigenvalue weighted by atomic mass is 19.1. The summed E-state index contributed by atoms with van der Waals surface area (Å²) in [5, 5.41) is 2.93. The third-order valence-corrected chi connectivity index (χ3v) is 6.52. The predicted molar refractivity (Wildman–Crippen MR) is 111 cm³/mol. The summed E-state index contributed by atoms with van der Waals surface area (Å²) in [7, 11) is 0. The molecular formula is C24H29FN2O3. The zero-order valence-electron chi connectivity index (χ0n) is 17.4. The topological polar surface area (TPSA) is 62.6 Å². The van der Waals surface area contributed by atoms with Gasteiger partial charge in [0.2, 0.25) is 11.8 Å². The summed E-state index contributed by atoms with van der Waals surface area (Å²) in [6.45, 7) is 2.50. The van der Waals surface area contributed by atoms with E-state index in [-0.39, 0.29) is 35.5 Å². The van der Waals surface area contributed by atoms with Crippen molar-refractivity contribution in [2.75, 3.05) is 6.54 Å². The maximum atomic E-state index is 13.8. The van der Waals surface area contributed by atoms with Crippen molar-refractivity contribution in [1.29, 1.82) is 0 Å². The molecule has 30 heavy (non-hydrogen) atoms. The standard InChI is InChI=1S/C24H29FN2O3/c1-16-13-18(8-10-21(16)25)22-11-9-19(23(28)26-14-20-7-4-12-30-20)15-27(22)24(29)17-5-2-3-6-17/h4,7-8,10,12-13,17,19,22H,2-3,5-6,9,11,14-15H2,1H3,(H,26,28)/t19-,22+/m0/s1. The molecule has 2 atom stereocenters. The van der Waals surface area contributed by atoms with Gasteiger partial charge in [0.25, 0.3) is 0 Å². The van der Waals surface area contributed by atoms with Crippen LogP contribution in [0.2, 0.25) is 0 Å². The molecule has 6 heteroatoms. The predicted octanol–water partition coefficient (Wildman–Crippen LogP) is 4.51. The second kappa shape index (κ2) is 9.02. The minimum Gasteiger partial charge on any atom is -0.467 e. The third-order valence-electron chi connectivity index (χ3n) is 6.52. The number of amides is 2. The van der Waals surface area contributed by atoms with E-state index in [0.717, 1.165) is 31.2 Å². The lowest BCUT2D eigenvalue weighted by atomic mass is 9.86. The van der Waals surface area contributed by atoms with Crippen LogP contribution < -0.4 is 5.32 Å². The Hall–Kier alpha value is -2.63. The number of likely N-dealkylation sites (tertiary alicyclic amines) is 1. The number of hydrogen-bond acceptors (Lipinski definition) is 3. The van der Waals surface area contributed by atoms with Crippen molar-refractivity contribution < 1.29 is 18.4 Å². The molecule has 1 aromatic heterocycles. The summed E-state index contributed by atoms with van der Waals surface area (Å²) < 4.78 is 19.1. The van der Waals surface area contributed by atoms with Gasteiger partial charge in [-0.25, -0.2) is 4.39 Å². The molecular weight excluding hydrogens is 383 g/mol. The molecule has 5 nitrogen and oxygen atoms in total. The van der Waals surface area contributed by atoms with Crippen LogP contribution in [0.5, 0.6) is 0 Å². The summed E-state index contributed by atoms with van der Waals surface area (Å²) in [5.41, 5.74) is 1.54. The van der Waals surface area contributed by atoms with Crippen molar-refractivity contribution in [1.82, 2.24) is 10.2 Å². The number of furan rings is 1. The molecule has 0 bridgehead atoms. The van der Waals surface area contributed by atoms with Gasteiger partial charge in [-0.3, -0.25) is 9.59 Å². The molecule has 1 aromatic carbocycles. The number of rotatable bonds is 5. The number of piperidine rings is 1. The highest BCUT2D eigenvalue weighted by Gasteiger charge is 2.38. The molecule has 0 radical (unpaired) electrons. The van der Waals surface area contributed by atoms with E-state index >= 15 is 0 Å². The molecule has 2 amide bonds. The monoisotopic (exact) mass is 412 g/mol. The van der Waals surface area contributed by atoms with Crippen LogP contribution >= 0.6 is 0 Å². The first-order valence-corrected chi connectivity index (χ1v) is 10.9. The van der Waals surface area contributed by atoms with Gasteiger partial charge in [-0.1, -0.05) is 25.0 Å². The van der Waals surface area contributed by atoms with Gasteiger partial charge < -0.3 is 14.6 Å². The van der Waals surface area contributed by atoms with Crippen LogP contribution in [0.4, 0.5) is 4.39 Å². The van der Waals surface area contributed by atoms with E-state index in [1.807, 2.05) is 17.0 Å². The van der Waals surface area contributed by atoms with Gasteiger partial charge in [0, 0.05) is 12.5 Å². The van der Waals surface area contributed by atoms with Crippen LogP contribution in [-0.4, -0.2) is 23.3 Å². The van der Waals surface area contributed by atoms with Crippen LogP contribution in [0.15, 0.2) is 41.0 Å². The number of nitrogens with one attached hydrogen (secondary N) is 1. The fourth-order valence-corrected chi connectivity index (χ4v) is 4.79. The zero-order valence-corrected chi connectivity index (χ0v) is 17.4. The number of hydrogen-bond donors (Lipinski definition) is 1. The molecule has 1 aliphatic heterocycles. The molecule has 1 saturated heterocycles. The van der Waals surface area contributed by atoms with Crippen LogP contribution in [0.3, 0.4) is 0 Å². The van der Waals surface area contributed by atoms with Crippen LogP contribution in [0.25, 0.3) is 0 Å². The second-order valence-electron chi connectivity index (χ2n) is 8.57. The zero-order chi connectivity index (χ0) is 21.1. The Bertz CT molecular complexity index is 890. The molecule has 1 N–H and O–H groups in total. The maximum Gasteiger partial charge on any atom is 0.226 e. The third kappa shape index (κ3) is 4.42. The summed E-state index contributed by atoms with van der Waals surface area (Å²) >= 11 is 0. The lowest BCUT2D eigenvalue weighted by Gasteiger charge is -2.41. The van der Waals surface area contributed by atoms with Crippen LogP contribution in [0.1, 0.15) is 61.5 Å². The van der Waals surface area contributed by atoms with Crippen molar-refractivity contribution >= 4 is 11.8 Å². The Morgan fingerprint density at radius 2 is 1.93 bits per heavy atom. The average molecular weight is 413 g/mol. The second-order valence-corrected chi connectivity index (χ2v) is 8.57. The van der Waals surface area contributed by atoms with Gasteiger partial charge in [-0.2, -0.15) is 0 Å². The lowest BCUT2D eigenvalue weighted by molar-refractivity contribution is -0.142. The van der Waals surface area contributed by atoms with Gasteiger partial charge in [-0.15, -0.1) is 0 Å². The molecule has 2 fully saturated rings. The van der Waals surface area contributed by atoms with E-state index < -0.39 is 0 Å². The fourth-order valence-electron chi connectivity index (χ4n) is 4.79. The van der Waals surface area contributed by atoms with Crippen LogP contribution in [-0.2, 0) is 16.1 Å². The van der Waals surface area contributed by atoms with Crippen molar-refractivity contribution in [3.05, 3.63) is 59.3 Å². The highest BCUT2D eigenvalue weighted by molar-refractivity contribution is 5.83. The van der Waals surface area contributed by atoms with E-state index in [9.17, 15) is 14.0 Å². The number of carbonyl (C=O) groups excluding carboxylic acids is 2. The molecule has 0 unspecified atom stereocenters. The smallest absolute Gasteiger partial charge is 0.226 e. The average Bonchev–Trinajstić information content (AvgIpc) is 3.47. The number of carbonyl (C=O) groups is 2. The van der Waals surface area contributed by atoms with E-state index in [1.165, 1.54) is 6.07 Å². The molecule has 160 valence electrons. The van der Waals surface area contributed by atoms with E-state index in [0.29, 0.717) is 37.3 Å². The van der Waals surface area contributed by atoms with Gasteiger partial charge in [0.15, 0.2) is 0 Å². The molecule has 2 aromatic rings. The minimum absolute atomic E-state index is 0.0407. The maximum absolute atomic E-state index is 13.8. The van der Waals surface area contributed by atoms with Crippen molar-refractivity contribution in [2.45, 2.75) is 58.0 Å². The first-order chi connectivity index (χ1) is 14.5. The molecule has 0 spiro atoms. The molecule has 4 rings (SSSR count). The Balaban J connectivity index is 1.50. The first kappa shape index (κ1) is 20.6. The summed E-state index contributed by atoms with van der Waals surface area (Å²) in [6, 6.07) is 8.60. The molecule has 1 aliphatic carbocycles. The summed E-state index contributed by atoms with van der Waals surface area (Å²) in [6.07, 6.45) is 6.97. The Morgan fingerprint density at radius 3 is 2.63 bits per heavy atom. The summed E-state index contributed by atoms with van der Waals surface area (Å²) in [4.78, 5) is 28.0. The number of aryl methyl sites for hydroxylation is 1. The molecule has 1 saturated carbocycles. The Labute approximate surface area is 176 Å². The van der Waals surface area contributed by atoms with Crippen molar-refractivity contribution in [3.63, 3.8) is 0 Å². The quantitative estimate of drug-likeness (QED) is 0.786. The van der Waals surface area contributed by atoms with Gasteiger partial charge in [-0.05, 0) is 61.9 Å². The largest absolute Gasteiger partial charge is 0.467 e. The Morgan fingerprint density at radius 1 is 1.13 bits per heavy atom. The van der Waals surface area contributed by atoms with E-state index in [4.69, 9.17) is 4.42 Å². The minimum atomic E-state index is -0.247. The van der Waals surface area contributed by atoms with E-state index in [2.05, 4.69) is 5.32 Å². The SMILES string of the molecule is Cc1cc([C@H]2CC[C@H](C(=O)NCc3ccco3)CN2C(=O)C2CCCC2)ccc1F. The number of nitrogens with zero attached hydrogens (tertiary/aromatic N) is 1.